The van der Waals surface area contributed by atoms with Crippen molar-refractivity contribution in [2.45, 2.75) is 77.0 Å². The van der Waals surface area contributed by atoms with Crippen molar-refractivity contribution >= 4 is 45.1 Å². The lowest BCUT2D eigenvalue weighted by Crippen LogP contribution is -2.02. The SMILES string of the molecule is CSCCCCCCCCOc1c2ccccc2c(OCCCCCCCCSC)c2ccccc12. The molecule has 0 saturated heterocycles. The lowest BCUT2D eigenvalue weighted by Gasteiger charge is -2.18. The van der Waals surface area contributed by atoms with Crippen LogP contribution in [0.4, 0.5) is 0 Å². The molecule has 0 spiro atoms. The van der Waals surface area contributed by atoms with E-state index < -0.39 is 0 Å². The molecule has 0 heterocycles. The van der Waals surface area contributed by atoms with Gasteiger partial charge in [-0.05, 0) is 49.7 Å². The zero-order valence-corrected chi connectivity index (χ0v) is 24.2. The zero-order valence-electron chi connectivity index (χ0n) is 22.6. The van der Waals surface area contributed by atoms with E-state index in [-0.39, 0.29) is 0 Å². The van der Waals surface area contributed by atoms with Crippen LogP contribution in [0.5, 0.6) is 11.5 Å². The molecule has 0 atom stereocenters. The fourth-order valence-corrected chi connectivity index (χ4v) is 5.80. The molecule has 3 aromatic rings. The summed E-state index contributed by atoms with van der Waals surface area (Å²) in [6.07, 6.45) is 19.8. The van der Waals surface area contributed by atoms with Crippen molar-refractivity contribution in [2.75, 3.05) is 37.2 Å². The highest BCUT2D eigenvalue weighted by molar-refractivity contribution is 7.98. The molecule has 0 fully saturated rings. The van der Waals surface area contributed by atoms with Gasteiger partial charge in [-0.2, -0.15) is 23.5 Å². The maximum Gasteiger partial charge on any atom is 0.135 e. The topological polar surface area (TPSA) is 18.5 Å². The van der Waals surface area contributed by atoms with Crippen LogP contribution in [0.1, 0.15) is 77.0 Å². The molecule has 0 N–H and O–H groups in total. The first-order valence-corrected chi connectivity index (χ1v) is 16.8. The van der Waals surface area contributed by atoms with E-state index in [0.29, 0.717) is 0 Å². The van der Waals surface area contributed by atoms with Crippen LogP contribution in [0.2, 0.25) is 0 Å². The Labute approximate surface area is 228 Å². The minimum absolute atomic E-state index is 0.774. The summed E-state index contributed by atoms with van der Waals surface area (Å²) in [5, 5.41) is 4.66. The van der Waals surface area contributed by atoms with Gasteiger partial charge in [0.05, 0.1) is 13.2 Å². The molecule has 3 aromatic carbocycles. The third-order valence-electron chi connectivity index (χ3n) is 6.81. The monoisotopic (exact) mass is 526 g/mol. The maximum atomic E-state index is 6.47. The van der Waals surface area contributed by atoms with Gasteiger partial charge in [0.2, 0.25) is 0 Å². The molecule has 0 amide bonds. The summed E-state index contributed by atoms with van der Waals surface area (Å²) in [6, 6.07) is 17.2. The van der Waals surface area contributed by atoms with E-state index in [1.54, 1.807) is 0 Å². The average molecular weight is 527 g/mol. The normalized spacial score (nSPS) is 11.4. The average Bonchev–Trinajstić information content (AvgIpc) is 2.91. The Morgan fingerprint density at radius 3 is 1.08 bits per heavy atom. The Morgan fingerprint density at radius 2 is 0.750 bits per heavy atom. The molecule has 4 heteroatoms. The minimum Gasteiger partial charge on any atom is -0.492 e. The van der Waals surface area contributed by atoms with Gasteiger partial charge in [-0.25, -0.2) is 0 Å². The highest BCUT2D eigenvalue weighted by Crippen LogP contribution is 2.42. The molecule has 3 rings (SSSR count). The van der Waals surface area contributed by atoms with Gasteiger partial charge in [0, 0.05) is 21.5 Å². The summed E-state index contributed by atoms with van der Waals surface area (Å²) < 4.78 is 12.9. The molecule has 0 aromatic heterocycles. The molecular formula is C32H46O2S2. The Morgan fingerprint density at radius 1 is 0.444 bits per heavy atom. The van der Waals surface area contributed by atoms with Crippen molar-refractivity contribution in [3.63, 3.8) is 0 Å². The van der Waals surface area contributed by atoms with Gasteiger partial charge in [0.25, 0.3) is 0 Å². The number of hydrogen-bond donors (Lipinski definition) is 0. The van der Waals surface area contributed by atoms with Crippen molar-refractivity contribution in [1.29, 1.82) is 0 Å². The van der Waals surface area contributed by atoms with Crippen LogP contribution in [-0.2, 0) is 0 Å². The Kier molecular flexibility index (Phi) is 14.4. The van der Waals surface area contributed by atoms with E-state index in [2.05, 4.69) is 61.0 Å². The van der Waals surface area contributed by atoms with Crippen molar-refractivity contribution in [2.24, 2.45) is 0 Å². The smallest absolute Gasteiger partial charge is 0.135 e. The zero-order chi connectivity index (χ0) is 25.3. The van der Waals surface area contributed by atoms with Gasteiger partial charge in [0.15, 0.2) is 0 Å². The molecular weight excluding hydrogens is 480 g/mol. The van der Waals surface area contributed by atoms with Gasteiger partial charge in [-0.3, -0.25) is 0 Å². The fraction of sp³-hybridized carbons (Fsp3) is 0.562. The van der Waals surface area contributed by atoms with Gasteiger partial charge >= 0.3 is 0 Å². The Bertz CT molecular complexity index is 867. The summed E-state index contributed by atoms with van der Waals surface area (Å²) in [7, 11) is 0. The predicted molar refractivity (Wildman–Crippen MR) is 165 cm³/mol. The molecule has 0 aliphatic carbocycles. The molecule has 0 unspecified atom stereocenters. The molecule has 0 radical (unpaired) electrons. The second-order valence-corrected chi connectivity index (χ2v) is 11.6. The van der Waals surface area contributed by atoms with E-state index in [1.807, 2.05) is 23.5 Å². The minimum atomic E-state index is 0.774. The van der Waals surface area contributed by atoms with Gasteiger partial charge < -0.3 is 9.47 Å². The fourth-order valence-electron chi connectivity index (χ4n) is 4.82. The molecule has 0 aliphatic rings. The number of fused-ring (bicyclic) bond motifs is 2. The lowest BCUT2D eigenvalue weighted by atomic mass is 10.0. The van der Waals surface area contributed by atoms with Gasteiger partial charge in [0.1, 0.15) is 11.5 Å². The number of rotatable bonds is 20. The summed E-state index contributed by atoms with van der Waals surface area (Å²) in [5.41, 5.74) is 0. The molecule has 36 heavy (non-hydrogen) atoms. The predicted octanol–water partition coefficient (Wildman–Crippen LogP) is 10.2. The van der Waals surface area contributed by atoms with Crippen LogP contribution >= 0.6 is 23.5 Å². The van der Waals surface area contributed by atoms with Crippen molar-refractivity contribution in [1.82, 2.24) is 0 Å². The number of benzene rings is 3. The number of ether oxygens (including phenoxy) is 2. The lowest BCUT2D eigenvalue weighted by molar-refractivity contribution is 0.306. The third kappa shape index (κ3) is 9.41. The molecule has 2 nitrogen and oxygen atoms in total. The summed E-state index contributed by atoms with van der Waals surface area (Å²) in [6.45, 7) is 1.55. The number of thioether (sulfide) groups is 2. The number of unbranched alkanes of at least 4 members (excludes halogenated alkanes) is 10. The Hall–Kier alpha value is -1.52. The standard InChI is InChI=1S/C32H46O2S2/c1-35-25-17-9-5-3-7-15-23-33-31-27-19-11-13-21-29(27)32(30-22-14-12-20-28(30)31)34-24-16-8-4-6-10-18-26-36-2/h11-14,19-22H,3-10,15-18,23-26H2,1-2H3. The second kappa shape index (κ2) is 17.9. The maximum absolute atomic E-state index is 6.47. The van der Waals surface area contributed by atoms with E-state index >= 15 is 0 Å². The van der Waals surface area contributed by atoms with Gasteiger partial charge in [-0.15, -0.1) is 0 Å². The van der Waals surface area contributed by atoms with E-state index in [9.17, 15) is 0 Å². The molecule has 198 valence electrons. The number of hydrogen-bond acceptors (Lipinski definition) is 4. The van der Waals surface area contributed by atoms with Crippen LogP contribution in [-0.4, -0.2) is 37.2 Å². The molecule has 0 saturated carbocycles. The molecule has 0 bridgehead atoms. The van der Waals surface area contributed by atoms with Crippen LogP contribution < -0.4 is 9.47 Å². The van der Waals surface area contributed by atoms with E-state index in [4.69, 9.17) is 9.47 Å². The van der Waals surface area contributed by atoms with Crippen LogP contribution in [0, 0.1) is 0 Å². The van der Waals surface area contributed by atoms with E-state index in [1.165, 1.54) is 75.7 Å². The van der Waals surface area contributed by atoms with Crippen LogP contribution in [0.25, 0.3) is 21.5 Å². The highest BCUT2D eigenvalue weighted by atomic mass is 32.2. The molecule has 0 aliphatic heterocycles. The summed E-state index contributed by atoms with van der Waals surface area (Å²) >= 11 is 3.91. The quantitative estimate of drug-likeness (QED) is 0.108. The first-order valence-electron chi connectivity index (χ1n) is 14.0. The van der Waals surface area contributed by atoms with Crippen molar-refractivity contribution in [3.8, 4) is 11.5 Å². The van der Waals surface area contributed by atoms with Crippen LogP contribution in [0.3, 0.4) is 0 Å². The summed E-state index contributed by atoms with van der Waals surface area (Å²) in [4.78, 5) is 0. The highest BCUT2D eigenvalue weighted by Gasteiger charge is 2.15. The summed E-state index contributed by atoms with van der Waals surface area (Å²) in [5.74, 6) is 4.61. The van der Waals surface area contributed by atoms with Crippen molar-refractivity contribution in [3.05, 3.63) is 48.5 Å². The van der Waals surface area contributed by atoms with Crippen LogP contribution in [0.15, 0.2) is 48.5 Å². The third-order valence-corrected chi connectivity index (χ3v) is 8.20. The van der Waals surface area contributed by atoms with Crippen molar-refractivity contribution < 1.29 is 9.47 Å². The van der Waals surface area contributed by atoms with Gasteiger partial charge in [-0.1, -0.05) is 99.9 Å². The second-order valence-electron chi connectivity index (χ2n) is 9.67. The first-order chi connectivity index (χ1) is 17.9. The first kappa shape index (κ1) is 29.0. The largest absolute Gasteiger partial charge is 0.492 e. The van der Waals surface area contributed by atoms with E-state index in [0.717, 1.165) is 59.1 Å². The Balaban J connectivity index is 1.58.